The SMILES string of the molecule is CCOc1ccc2[nH]c(C(C)(C)C)cc(=O)c2c1. The van der Waals surface area contributed by atoms with Crippen molar-refractivity contribution in [2.24, 2.45) is 0 Å². The minimum Gasteiger partial charge on any atom is -0.494 e. The van der Waals surface area contributed by atoms with Gasteiger partial charge in [-0.05, 0) is 25.1 Å². The number of benzene rings is 1. The summed E-state index contributed by atoms with van der Waals surface area (Å²) in [6.07, 6.45) is 0. The molecule has 1 N–H and O–H groups in total. The first kappa shape index (κ1) is 12.7. The fourth-order valence-electron chi connectivity index (χ4n) is 1.89. The predicted molar refractivity (Wildman–Crippen MR) is 74.4 cm³/mol. The maximum absolute atomic E-state index is 12.1. The highest BCUT2D eigenvalue weighted by Gasteiger charge is 2.16. The molecule has 1 aromatic heterocycles. The summed E-state index contributed by atoms with van der Waals surface area (Å²) in [6.45, 7) is 8.77. The minimum atomic E-state index is -0.0636. The molecule has 0 aliphatic rings. The fourth-order valence-corrected chi connectivity index (χ4v) is 1.89. The number of rotatable bonds is 2. The topological polar surface area (TPSA) is 42.1 Å². The second-order valence-electron chi connectivity index (χ2n) is 5.44. The van der Waals surface area contributed by atoms with Gasteiger partial charge < -0.3 is 9.72 Å². The van der Waals surface area contributed by atoms with Crippen LogP contribution in [0.4, 0.5) is 0 Å². The smallest absolute Gasteiger partial charge is 0.189 e. The van der Waals surface area contributed by atoms with Gasteiger partial charge in [0.25, 0.3) is 0 Å². The van der Waals surface area contributed by atoms with Gasteiger partial charge in [0.05, 0.1) is 6.61 Å². The van der Waals surface area contributed by atoms with Crippen LogP contribution in [0.3, 0.4) is 0 Å². The largest absolute Gasteiger partial charge is 0.494 e. The fraction of sp³-hybridized carbons (Fsp3) is 0.400. The van der Waals surface area contributed by atoms with E-state index in [0.717, 1.165) is 17.0 Å². The summed E-state index contributed by atoms with van der Waals surface area (Å²) in [6, 6.07) is 7.26. The molecule has 3 heteroatoms. The first-order valence-corrected chi connectivity index (χ1v) is 6.22. The Morgan fingerprint density at radius 3 is 2.56 bits per heavy atom. The Morgan fingerprint density at radius 2 is 1.94 bits per heavy atom. The van der Waals surface area contributed by atoms with Crippen molar-refractivity contribution in [1.82, 2.24) is 4.98 Å². The first-order chi connectivity index (χ1) is 8.41. The molecule has 0 unspecified atom stereocenters. The summed E-state index contributed by atoms with van der Waals surface area (Å²) in [5, 5.41) is 0.675. The number of nitrogens with one attached hydrogen (secondary N) is 1. The lowest BCUT2D eigenvalue weighted by Gasteiger charge is -2.19. The molecule has 0 saturated heterocycles. The lowest BCUT2D eigenvalue weighted by molar-refractivity contribution is 0.340. The maximum atomic E-state index is 12.1. The van der Waals surface area contributed by atoms with Crippen molar-refractivity contribution < 1.29 is 4.74 Å². The second kappa shape index (κ2) is 4.48. The van der Waals surface area contributed by atoms with Crippen LogP contribution < -0.4 is 10.2 Å². The van der Waals surface area contributed by atoms with Crippen LogP contribution in [0.2, 0.25) is 0 Å². The third-order valence-corrected chi connectivity index (χ3v) is 2.92. The average Bonchev–Trinajstić information content (AvgIpc) is 2.29. The van der Waals surface area contributed by atoms with Crippen molar-refractivity contribution >= 4 is 10.9 Å². The van der Waals surface area contributed by atoms with E-state index in [1.54, 1.807) is 12.1 Å². The zero-order valence-electron chi connectivity index (χ0n) is 11.3. The molecule has 0 bridgehead atoms. The maximum Gasteiger partial charge on any atom is 0.189 e. The number of hydrogen-bond donors (Lipinski definition) is 1. The lowest BCUT2D eigenvalue weighted by atomic mass is 9.91. The molecular formula is C15H19NO2. The number of pyridine rings is 1. The lowest BCUT2D eigenvalue weighted by Crippen LogP contribution is -2.17. The van der Waals surface area contributed by atoms with E-state index >= 15 is 0 Å². The van der Waals surface area contributed by atoms with E-state index in [1.807, 2.05) is 19.1 Å². The summed E-state index contributed by atoms with van der Waals surface area (Å²) >= 11 is 0. The first-order valence-electron chi connectivity index (χ1n) is 6.22. The molecule has 0 spiro atoms. The van der Waals surface area contributed by atoms with Gasteiger partial charge >= 0.3 is 0 Å². The molecule has 1 heterocycles. The number of aromatic nitrogens is 1. The Hall–Kier alpha value is -1.77. The Bertz CT molecular complexity index is 620. The predicted octanol–water partition coefficient (Wildman–Crippen LogP) is 3.22. The van der Waals surface area contributed by atoms with Crippen LogP contribution in [0.25, 0.3) is 10.9 Å². The summed E-state index contributed by atoms with van der Waals surface area (Å²) in [5.41, 5.74) is 1.78. The van der Waals surface area contributed by atoms with Crippen molar-refractivity contribution in [2.75, 3.05) is 6.61 Å². The average molecular weight is 245 g/mol. The summed E-state index contributed by atoms with van der Waals surface area (Å²) in [4.78, 5) is 15.4. The molecule has 1 aromatic carbocycles. The van der Waals surface area contributed by atoms with Crippen LogP contribution in [-0.4, -0.2) is 11.6 Å². The number of fused-ring (bicyclic) bond motifs is 1. The molecule has 0 fully saturated rings. The molecule has 0 saturated carbocycles. The highest BCUT2D eigenvalue weighted by Crippen LogP contribution is 2.22. The zero-order valence-corrected chi connectivity index (χ0v) is 11.3. The number of H-pyrrole nitrogens is 1. The molecular weight excluding hydrogens is 226 g/mol. The molecule has 0 aliphatic heterocycles. The van der Waals surface area contributed by atoms with Crippen molar-refractivity contribution in [3.05, 3.63) is 40.2 Å². The Morgan fingerprint density at radius 1 is 1.22 bits per heavy atom. The minimum absolute atomic E-state index is 0.0372. The summed E-state index contributed by atoms with van der Waals surface area (Å²) in [5.74, 6) is 0.735. The third kappa shape index (κ3) is 2.40. The van der Waals surface area contributed by atoms with Gasteiger partial charge in [-0.2, -0.15) is 0 Å². The zero-order chi connectivity index (χ0) is 13.3. The van der Waals surface area contributed by atoms with E-state index in [2.05, 4.69) is 25.8 Å². The normalized spacial score (nSPS) is 11.8. The van der Waals surface area contributed by atoms with Gasteiger partial charge in [0.2, 0.25) is 0 Å². The summed E-state index contributed by atoms with van der Waals surface area (Å²) < 4.78 is 5.41. The highest BCUT2D eigenvalue weighted by molar-refractivity contribution is 5.80. The van der Waals surface area contributed by atoms with Gasteiger partial charge in [-0.25, -0.2) is 0 Å². The van der Waals surface area contributed by atoms with E-state index in [-0.39, 0.29) is 10.8 Å². The molecule has 2 aromatic rings. The van der Waals surface area contributed by atoms with Crippen LogP contribution >= 0.6 is 0 Å². The molecule has 18 heavy (non-hydrogen) atoms. The van der Waals surface area contributed by atoms with E-state index < -0.39 is 0 Å². The third-order valence-electron chi connectivity index (χ3n) is 2.92. The number of ether oxygens (including phenoxy) is 1. The van der Waals surface area contributed by atoms with E-state index in [0.29, 0.717) is 12.0 Å². The second-order valence-corrected chi connectivity index (χ2v) is 5.44. The van der Waals surface area contributed by atoms with E-state index in [4.69, 9.17) is 4.74 Å². The van der Waals surface area contributed by atoms with Gasteiger partial charge in [0.15, 0.2) is 5.43 Å². The van der Waals surface area contributed by atoms with Gasteiger partial charge in [-0.1, -0.05) is 20.8 Å². The summed E-state index contributed by atoms with van der Waals surface area (Å²) in [7, 11) is 0. The molecule has 0 aliphatic carbocycles. The highest BCUT2D eigenvalue weighted by atomic mass is 16.5. The van der Waals surface area contributed by atoms with Crippen molar-refractivity contribution in [3.63, 3.8) is 0 Å². The van der Waals surface area contributed by atoms with Crippen molar-refractivity contribution in [3.8, 4) is 5.75 Å². The number of hydrogen-bond acceptors (Lipinski definition) is 2. The van der Waals surface area contributed by atoms with E-state index in [1.165, 1.54) is 0 Å². The van der Waals surface area contributed by atoms with Crippen LogP contribution in [0.5, 0.6) is 5.75 Å². The van der Waals surface area contributed by atoms with Gasteiger partial charge in [-0.15, -0.1) is 0 Å². The molecule has 0 atom stereocenters. The monoisotopic (exact) mass is 245 g/mol. The Balaban J connectivity index is 2.63. The van der Waals surface area contributed by atoms with Crippen molar-refractivity contribution in [1.29, 1.82) is 0 Å². The molecule has 0 radical (unpaired) electrons. The van der Waals surface area contributed by atoms with Gasteiger partial charge in [0, 0.05) is 28.1 Å². The van der Waals surface area contributed by atoms with Crippen LogP contribution in [0.1, 0.15) is 33.4 Å². The van der Waals surface area contributed by atoms with Gasteiger partial charge in [-0.3, -0.25) is 4.79 Å². The van der Waals surface area contributed by atoms with Crippen molar-refractivity contribution in [2.45, 2.75) is 33.1 Å². The Labute approximate surface area is 107 Å². The molecule has 0 amide bonds. The molecule has 2 rings (SSSR count). The standard InChI is InChI=1S/C15H19NO2/c1-5-18-10-6-7-12-11(8-10)13(17)9-14(16-12)15(2,3)4/h6-9H,5H2,1-4H3,(H,16,17). The van der Waals surface area contributed by atoms with Crippen LogP contribution in [0.15, 0.2) is 29.1 Å². The number of aromatic amines is 1. The van der Waals surface area contributed by atoms with E-state index in [9.17, 15) is 4.79 Å². The Kier molecular flexibility index (Phi) is 3.16. The molecule has 96 valence electrons. The van der Waals surface area contributed by atoms with Gasteiger partial charge in [0.1, 0.15) is 5.75 Å². The quantitative estimate of drug-likeness (QED) is 0.882. The van der Waals surface area contributed by atoms with Crippen LogP contribution in [0, 0.1) is 0 Å². The molecule has 3 nitrogen and oxygen atoms in total. The van der Waals surface area contributed by atoms with Crippen LogP contribution in [-0.2, 0) is 5.41 Å².